The van der Waals surface area contributed by atoms with Crippen LogP contribution in [-0.2, 0) is 0 Å². The molecule has 10 rings (SSSR count). The smallest absolute Gasteiger partial charge is 0.235 e. The molecule has 4 nitrogen and oxygen atoms in total. The third-order valence-electron chi connectivity index (χ3n) is 9.30. The Morgan fingerprint density at radius 2 is 0.957 bits per heavy atom. The van der Waals surface area contributed by atoms with Crippen molar-refractivity contribution in [1.82, 2.24) is 19.1 Å². The molecule has 0 saturated heterocycles. The van der Waals surface area contributed by atoms with E-state index in [0.717, 1.165) is 49.9 Å². The third-order valence-corrected chi connectivity index (χ3v) is 9.30. The zero-order valence-corrected chi connectivity index (χ0v) is 24.8. The van der Waals surface area contributed by atoms with E-state index in [1.54, 1.807) is 0 Å². The fraction of sp³-hybridized carbons (Fsp3) is 0. The Labute approximate surface area is 264 Å². The Balaban J connectivity index is 1.44. The molecule has 0 atom stereocenters. The summed E-state index contributed by atoms with van der Waals surface area (Å²) in [6, 6.07) is 55.8. The molecule has 0 spiro atoms. The first-order valence-electron chi connectivity index (χ1n) is 15.6. The summed E-state index contributed by atoms with van der Waals surface area (Å²) < 4.78 is 4.59. The van der Waals surface area contributed by atoms with Crippen molar-refractivity contribution >= 4 is 65.3 Å². The lowest BCUT2D eigenvalue weighted by molar-refractivity contribution is 1.01. The van der Waals surface area contributed by atoms with Gasteiger partial charge in [0.2, 0.25) is 5.95 Å². The first kappa shape index (κ1) is 25.1. The second-order valence-corrected chi connectivity index (χ2v) is 11.8. The van der Waals surface area contributed by atoms with Crippen LogP contribution in [-0.4, -0.2) is 19.1 Å². The largest absolute Gasteiger partial charge is 0.306 e. The molecule has 0 amide bonds. The molecule has 0 aliphatic heterocycles. The topological polar surface area (TPSA) is 35.6 Å². The quantitative estimate of drug-likeness (QED) is 0.206. The number of fused-ring (bicyclic) bond motifs is 10. The number of rotatable bonds is 3. The Bertz CT molecular complexity index is 2790. The normalized spacial score (nSPS) is 11.9. The van der Waals surface area contributed by atoms with Gasteiger partial charge < -0.3 is 4.57 Å². The molecule has 7 aromatic carbocycles. The summed E-state index contributed by atoms with van der Waals surface area (Å²) in [4.78, 5) is 11.0. The van der Waals surface area contributed by atoms with Crippen LogP contribution in [0.25, 0.3) is 88.2 Å². The summed E-state index contributed by atoms with van der Waals surface area (Å²) in [7, 11) is 0. The molecule has 3 aromatic heterocycles. The number of benzene rings is 7. The monoisotopic (exact) mass is 586 g/mol. The summed E-state index contributed by atoms with van der Waals surface area (Å²) in [5.41, 5.74) is 8.25. The number of nitrogens with zero attached hydrogens (tertiary/aromatic N) is 4. The molecule has 0 N–H and O–H groups in total. The molecular weight excluding hydrogens is 560 g/mol. The van der Waals surface area contributed by atoms with E-state index in [1.165, 1.54) is 32.3 Å². The summed E-state index contributed by atoms with van der Waals surface area (Å²) in [5, 5.41) is 8.35. The zero-order valence-electron chi connectivity index (χ0n) is 24.8. The molecule has 0 saturated carbocycles. The van der Waals surface area contributed by atoms with Crippen LogP contribution in [0, 0.1) is 0 Å². The molecule has 0 fully saturated rings. The van der Waals surface area contributed by atoms with Crippen molar-refractivity contribution in [3.8, 4) is 22.9 Å². The average Bonchev–Trinajstić information content (AvgIpc) is 3.65. The van der Waals surface area contributed by atoms with Crippen molar-refractivity contribution in [3.05, 3.63) is 158 Å². The minimum Gasteiger partial charge on any atom is -0.306 e. The maximum atomic E-state index is 5.54. The lowest BCUT2D eigenvalue weighted by Gasteiger charge is -2.13. The van der Waals surface area contributed by atoms with Crippen LogP contribution >= 0.6 is 0 Å². The SMILES string of the molecule is c1ccc(-c2nc(-n3c4ccccc4c4c5ccccc5ccc43)nc3c4c5ccccc5ccc4n(-c4ccccc4)c23)cc1. The zero-order chi connectivity index (χ0) is 30.2. The third kappa shape index (κ3) is 3.49. The number of para-hydroxylation sites is 2. The van der Waals surface area contributed by atoms with Crippen LogP contribution in [0.3, 0.4) is 0 Å². The minimum atomic E-state index is 0.660. The molecule has 0 aliphatic carbocycles. The van der Waals surface area contributed by atoms with Gasteiger partial charge in [0.05, 0.1) is 22.1 Å². The Kier molecular flexibility index (Phi) is 5.25. The molecule has 0 radical (unpaired) electrons. The van der Waals surface area contributed by atoms with Gasteiger partial charge in [-0.15, -0.1) is 0 Å². The number of hydrogen-bond acceptors (Lipinski definition) is 2. The van der Waals surface area contributed by atoms with Crippen LogP contribution in [0.2, 0.25) is 0 Å². The molecular formula is C42H26N4. The van der Waals surface area contributed by atoms with Gasteiger partial charge in [-0.05, 0) is 51.9 Å². The first-order valence-corrected chi connectivity index (χ1v) is 15.6. The summed E-state index contributed by atoms with van der Waals surface area (Å²) in [6.45, 7) is 0. The second kappa shape index (κ2) is 9.62. The number of hydrogen-bond donors (Lipinski definition) is 0. The van der Waals surface area contributed by atoms with E-state index in [4.69, 9.17) is 9.97 Å². The lowest BCUT2D eigenvalue weighted by Crippen LogP contribution is -2.04. The fourth-order valence-corrected chi connectivity index (χ4v) is 7.34. The molecule has 46 heavy (non-hydrogen) atoms. The molecule has 0 unspecified atom stereocenters. The van der Waals surface area contributed by atoms with Crippen molar-refractivity contribution in [2.45, 2.75) is 0 Å². The van der Waals surface area contributed by atoms with E-state index in [1.807, 2.05) is 0 Å². The van der Waals surface area contributed by atoms with Crippen LogP contribution in [0.5, 0.6) is 0 Å². The van der Waals surface area contributed by atoms with Crippen LogP contribution < -0.4 is 0 Å². The van der Waals surface area contributed by atoms with E-state index < -0.39 is 0 Å². The van der Waals surface area contributed by atoms with Crippen molar-refractivity contribution in [3.63, 3.8) is 0 Å². The maximum Gasteiger partial charge on any atom is 0.235 e. The van der Waals surface area contributed by atoms with Crippen LogP contribution in [0.15, 0.2) is 158 Å². The van der Waals surface area contributed by atoms with Gasteiger partial charge in [-0.25, -0.2) is 9.97 Å². The average molecular weight is 587 g/mol. The van der Waals surface area contributed by atoms with Crippen molar-refractivity contribution in [2.24, 2.45) is 0 Å². The highest BCUT2D eigenvalue weighted by molar-refractivity contribution is 6.23. The van der Waals surface area contributed by atoms with E-state index in [2.05, 4.69) is 167 Å². The van der Waals surface area contributed by atoms with E-state index in [9.17, 15) is 0 Å². The minimum absolute atomic E-state index is 0.660. The predicted octanol–water partition coefficient (Wildman–Crippen LogP) is 10.6. The second-order valence-electron chi connectivity index (χ2n) is 11.8. The molecule has 3 heterocycles. The summed E-state index contributed by atoms with van der Waals surface area (Å²) in [5.74, 6) is 0.660. The maximum absolute atomic E-state index is 5.54. The summed E-state index contributed by atoms with van der Waals surface area (Å²) in [6.07, 6.45) is 0. The van der Waals surface area contributed by atoms with E-state index in [-0.39, 0.29) is 0 Å². The molecule has 0 aliphatic rings. The van der Waals surface area contributed by atoms with Gasteiger partial charge in [0, 0.05) is 27.4 Å². The summed E-state index contributed by atoms with van der Waals surface area (Å²) >= 11 is 0. The molecule has 10 aromatic rings. The Morgan fingerprint density at radius 1 is 0.391 bits per heavy atom. The van der Waals surface area contributed by atoms with E-state index >= 15 is 0 Å². The molecule has 214 valence electrons. The van der Waals surface area contributed by atoms with Crippen molar-refractivity contribution in [2.75, 3.05) is 0 Å². The van der Waals surface area contributed by atoms with Crippen LogP contribution in [0.1, 0.15) is 0 Å². The Morgan fingerprint density at radius 3 is 1.67 bits per heavy atom. The van der Waals surface area contributed by atoms with Crippen molar-refractivity contribution < 1.29 is 0 Å². The standard InChI is InChI=1S/C42H26N4/c1-3-15-29(16-4-1)39-41-40(38-32-20-10-8-14-28(32)24-26-36(38)45(41)30-17-5-2-6-18-30)44-42(43-39)46-34-22-12-11-21-33(34)37-31-19-9-7-13-27(31)23-25-35(37)46/h1-26H. The molecule has 4 heteroatoms. The number of aromatic nitrogens is 4. The van der Waals surface area contributed by atoms with Gasteiger partial charge in [0.15, 0.2) is 0 Å². The Hall–Kier alpha value is -6.26. The molecule has 0 bridgehead atoms. The van der Waals surface area contributed by atoms with Gasteiger partial charge in [0.1, 0.15) is 11.2 Å². The fourth-order valence-electron chi connectivity index (χ4n) is 7.34. The van der Waals surface area contributed by atoms with Crippen LogP contribution in [0.4, 0.5) is 0 Å². The van der Waals surface area contributed by atoms with Gasteiger partial charge >= 0.3 is 0 Å². The highest BCUT2D eigenvalue weighted by Gasteiger charge is 2.24. The predicted molar refractivity (Wildman–Crippen MR) is 191 cm³/mol. The van der Waals surface area contributed by atoms with Gasteiger partial charge in [-0.3, -0.25) is 4.57 Å². The van der Waals surface area contributed by atoms with Gasteiger partial charge in [-0.2, -0.15) is 0 Å². The van der Waals surface area contributed by atoms with Gasteiger partial charge in [0.25, 0.3) is 0 Å². The van der Waals surface area contributed by atoms with Crippen molar-refractivity contribution in [1.29, 1.82) is 0 Å². The highest BCUT2D eigenvalue weighted by atomic mass is 15.2. The van der Waals surface area contributed by atoms with Gasteiger partial charge in [-0.1, -0.05) is 127 Å². The lowest BCUT2D eigenvalue weighted by atomic mass is 10.0. The van der Waals surface area contributed by atoms with E-state index in [0.29, 0.717) is 5.95 Å². The highest BCUT2D eigenvalue weighted by Crippen LogP contribution is 2.42. The first-order chi connectivity index (χ1) is 22.8.